The second-order valence-corrected chi connectivity index (χ2v) is 9.19. The molecule has 4 aliphatic rings. The van der Waals surface area contributed by atoms with Gasteiger partial charge in [0.2, 0.25) is 5.88 Å². The van der Waals surface area contributed by atoms with E-state index in [1.165, 1.54) is 6.07 Å². The van der Waals surface area contributed by atoms with Gasteiger partial charge in [0.25, 0.3) is 0 Å². The van der Waals surface area contributed by atoms with Gasteiger partial charge in [0.15, 0.2) is 0 Å². The van der Waals surface area contributed by atoms with Gasteiger partial charge in [0, 0.05) is 24.8 Å². The van der Waals surface area contributed by atoms with Crippen molar-refractivity contribution in [1.82, 2.24) is 9.88 Å². The van der Waals surface area contributed by atoms with Gasteiger partial charge in [-0.15, -0.1) is 0 Å². The first-order valence-electron chi connectivity index (χ1n) is 9.91. The summed E-state index contributed by atoms with van der Waals surface area (Å²) in [5.74, 6) is 2.14. The Hall–Kier alpha value is -2.42. The number of hydrogen-bond donors (Lipinski definition) is 0. The molecule has 1 aromatic heterocycles. The molecular formula is C21H20F3N3O2S. The SMILES string of the molecule is O=S1CCN2C(=N1)C1(c3ccc(Oc4ccc(C(F)(F)F)cn4)cc3)CCC2CC1. The molecule has 1 aromatic carbocycles. The highest BCUT2D eigenvalue weighted by atomic mass is 32.2. The lowest BCUT2D eigenvalue weighted by Crippen LogP contribution is -2.62. The predicted octanol–water partition coefficient (Wildman–Crippen LogP) is 4.46. The molecule has 6 rings (SSSR count). The van der Waals surface area contributed by atoms with Crippen molar-refractivity contribution in [2.75, 3.05) is 12.3 Å². The van der Waals surface area contributed by atoms with Crippen molar-refractivity contribution in [3.63, 3.8) is 0 Å². The molecule has 0 radical (unpaired) electrons. The Morgan fingerprint density at radius 2 is 1.83 bits per heavy atom. The summed E-state index contributed by atoms with van der Waals surface area (Å²) < 4.78 is 60.3. The molecule has 0 spiro atoms. The predicted molar refractivity (Wildman–Crippen MR) is 107 cm³/mol. The number of aromatic nitrogens is 1. The molecule has 1 unspecified atom stereocenters. The monoisotopic (exact) mass is 435 g/mol. The van der Waals surface area contributed by atoms with Crippen molar-refractivity contribution in [2.45, 2.75) is 43.3 Å². The molecule has 1 atom stereocenters. The van der Waals surface area contributed by atoms with Crippen LogP contribution >= 0.6 is 0 Å². The molecule has 3 aliphatic heterocycles. The van der Waals surface area contributed by atoms with Crippen molar-refractivity contribution in [1.29, 1.82) is 0 Å². The second kappa shape index (κ2) is 7.08. The number of halogens is 3. The van der Waals surface area contributed by atoms with Crippen LogP contribution in [0.2, 0.25) is 0 Å². The summed E-state index contributed by atoms with van der Waals surface area (Å²) in [5, 5.41) is 0. The highest BCUT2D eigenvalue weighted by molar-refractivity contribution is 7.83. The van der Waals surface area contributed by atoms with Crippen LogP contribution in [0.3, 0.4) is 0 Å². The highest BCUT2D eigenvalue weighted by Gasteiger charge is 2.51. The molecule has 0 amide bonds. The Kier molecular flexibility index (Phi) is 4.61. The molecule has 158 valence electrons. The van der Waals surface area contributed by atoms with Crippen LogP contribution in [0.5, 0.6) is 11.6 Å². The average Bonchev–Trinajstić information content (AvgIpc) is 2.75. The quantitative estimate of drug-likeness (QED) is 0.714. The van der Waals surface area contributed by atoms with E-state index >= 15 is 0 Å². The van der Waals surface area contributed by atoms with Crippen LogP contribution in [0.25, 0.3) is 0 Å². The van der Waals surface area contributed by atoms with Gasteiger partial charge < -0.3 is 9.64 Å². The number of benzene rings is 1. The van der Waals surface area contributed by atoms with Gasteiger partial charge in [-0.25, -0.2) is 9.19 Å². The summed E-state index contributed by atoms with van der Waals surface area (Å²) in [6, 6.07) is 10.2. The lowest BCUT2D eigenvalue weighted by atomic mass is 9.63. The third-order valence-electron chi connectivity index (χ3n) is 6.34. The number of amidine groups is 1. The number of alkyl halides is 3. The smallest absolute Gasteiger partial charge is 0.417 e. The van der Waals surface area contributed by atoms with E-state index in [2.05, 4.69) is 14.3 Å². The van der Waals surface area contributed by atoms with Crippen molar-refractivity contribution >= 4 is 16.8 Å². The molecule has 3 fully saturated rings. The number of pyridine rings is 1. The molecule has 9 heteroatoms. The minimum absolute atomic E-state index is 0.102. The number of hydrogen-bond acceptors (Lipinski definition) is 4. The van der Waals surface area contributed by atoms with Crippen molar-refractivity contribution < 1.29 is 22.1 Å². The van der Waals surface area contributed by atoms with E-state index < -0.39 is 22.7 Å². The maximum atomic E-state index is 12.7. The molecule has 1 saturated carbocycles. The van der Waals surface area contributed by atoms with Crippen LogP contribution in [0.15, 0.2) is 47.0 Å². The first-order valence-corrected chi connectivity index (χ1v) is 11.2. The first kappa shape index (κ1) is 19.5. The number of fused-ring (bicyclic) bond motifs is 2. The van der Waals surface area contributed by atoms with E-state index in [1.54, 1.807) is 12.1 Å². The molecular weight excluding hydrogens is 415 g/mol. The highest BCUT2D eigenvalue weighted by Crippen LogP contribution is 2.49. The lowest BCUT2D eigenvalue weighted by molar-refractivity contribution is -0.137. The summed E-state index contributed by atoms with van der Waals surface area (Å²) in [4.78, 5) is 6.09. The Balaban J connectivity index is 1.39. The zero-order valence-electron chi connectivity index (χ0n) is 16.1. The van der Waals surface area contributed by atoms with Crippen molar-refractivity contribution in [3.8, 4) is 11.6 Å². The van der Waals surface area contributed by atoms with E-state index in [0.29, 0.717) is 17.5 Å². The first-order chi connectivity index (χ1) is 14.3. The van der Waals surface area contributed by atoms with E-state index in [0.717, 1.165) is 55.9 Å². The van der Waals surface area contributed by atoms with Crippen LogP contribution in [0, 0.1) is 0 Å². The largest absolute Gasteiger partial charge is 0.439 e. The van der Waals surface area contributed by atoms with Gasteiger partial charge in [-0.1, -0.05) is 12.1 Å². The molecule has 5 nitrogen and oxygen atoms in total. The maximum absolute atomic E-state index is 12.7. The van der Waals surface area contributed by atoms with Crippen molar-refractivity contribution in [3.05, 3.63) is 53.7 Å². The lowest BCUT2D eigenvalue weighted by Gasteiger charge is -2.55. The Morgan fingerprint density at radius 1 is 1.10 bits per heavy atom. The number of nitrogens with zero attached hydrogens (tertiary/aromatic N) is 3. The molecule has 2 aromatic rings. The van der Waals surface area contributed by atoms with E-state index in [1.807, 2.05) is 12.1 Å². The van der Waals surface area contributed by atoms with Crippen LogP contribution in [-0.4, -0.2) is 38.3 Å². The minimum atomic E-state index is -4.43. The summed E-state index contributed by atoms with van der Waals surface area (Å²) in [7, 11) is -1.17. The maximum Gasteiger partial charge on any atom is 0.417 e. The minimum Gasteiger partial charge on any atom is -0.439 e. The Bertz CT molecular complexity index is 998. The summed E-state index contributed by atoms with van der Waals surface area (Å²) >= 11 is 0. The van der Waals surface area contributed by atoms with Crippen LogP contribution < -0.4 is 4.74 Å². The standard InChI is InChI=1S/C21H20F3N3O2S/c22-21(23,24)15-3-6-18(25-13-15)29-17-4-1-14(2-5-17)20-9-7-16(8-10-20)27-11-12-30(28)26-19(20)27/h1-6,13,16H,7-12H2. The van der Waals surface area contributed by atoms with Gasteiger partial charge in [-0.05, 0) is 49.4 Å². The van der Waals surface area contributed by atoms with Gasteiger partial charge in [0.05, 0.1) is 16.7 Å². The molecule has 0 N–H and O–H groups in total. The summed E-state index contributed by atoms with van der Waals surface area (Å²) in [6.45, 7) is 0.790. The fourth-order valence-corrected chi connectivity index (χ4v) is 5.73. The molecule has 4 heterocycles. The van der Waals surface area contributed by atoms with Crippen molar-refractivity contribution in [2.24, 2.45) is 4.40 Å². The molecule has 1 aliphatic carbocycles. The van der Waals surface area contributed by atoms with Gasteiger partial charge in [-0.2, -0.15) is 17.6 Å². The third-order valence-corrected chi connectivity index (χ3v) is 7.25. The third kappa shape index (κ3) is 3.29. The van der Waals surface area contributed by atoms with Gasteiger partial charge in [-0.3, -0.25) is 0 Å². The zero-order chi connectivity index (χ0) is 20.9. The zero-order valence-corrected chi connectivity index (χ0v) is 16.9. The average molecular weight is 435 g/mol. The number of piperidine rings is 2. The molecule has 2 bridgehead atoms. The molecule has 30 heavy (non-hydrogen) atoms. The summed E-state index contributed by atoms with van der Waals surface area (Å²) in [6.07, 6.45) is 0.485. The van der Waals surface area contributed by atoms with E-state index in [-0.39, 0.29) is 11.3 Å². The number of rotatable bonds is 3. The summed E-state index contributed by atoms with van der Waals surface area (Å²) in [5.41, 5.74) is 0.0686. The van der Waals surface area contributed by atoms with Gasteiger partial charge >= 0.3 is 6.18 Å². The van der Waals surface area contributed by atoms with E-state index in [9.17, 15) is 17.4 Å². The normalized spacial score (nSPS) is 28.1. The van der Waals surface area contributed by atoms with Crippen LogP contribution in [0.4, 0.5) is 13.2 Å². The Labute approximate surface area is 174 Å². The second-order valence-electron chi connectivity index (χ2n) is 7.96. The Morgan fingerprint density at radius 3 is 2.47 bits per heavy atom. The van der Waals surface area contributed by atoms with E-state index in [4.69, 9.17) is 4.74 Å². The fourth-order valence-electron chi connectivity index (χ4n) is 4.81. The number of ether oxygens (including phenoxy) is 1. The molecule has 2 saturated heterocycles. The fraction of sp³-hybridized carbons (Fsp3) is 0.429. The van der Waals surface area contributed by atoms with Crippen LogP contribution in [0.1, 0.15) is 36.8 Å². The van der Waals surface area contributed by atoms with Gasteiger partial charge in [0.1, 0.15) is 22.6 Å². The van der Waals surface area contributed by atoms with Crippen LogP contribution in [-0.2, 0) is 22.6 Å². The topological polar surface area (TPSA) is 54.8 Å².